The summed E-state index contributed by atoms with van der Waals surface area (Å²) in [5.74, 6) is 0. The monoisotopic (exact) mass is 682 g/mol. The van der Waals surface area contributed by atoms with Gasteiger partial charge in [0, 0.05) is 47.7 Å². The molecule has 1 aliphatic rings. The van der Waals surface area contributed by atoms with Gasteiger partial charge in [-0.2, -0.15) is 0 Å². The fourth-order valence-electron chi connectivity index (χ4n) is 8.76. The van der Waals surface area contributed by atoms with Crippen LogP contribution in [0.25, 0.3) is 69.6 Å². The lowest BCUT2D eigenvalue weighted by molar-refractivity contribution is 0.632. The van der Waals surface area contributed by atoms with E-state index >= 15 is 0 Å². The first-order chi connectivity index (χ1) is 25.5. The van der Waals surface area contributed by atoms with Gasteiger partial charge in [-0.1, -0.05) is 111 Å². The molecule has 0 bridgehead atoms. The highest BCUT2D eigenvalue weighted by Crippen LogP contribution is 2.53. The Hall–Kier alpha value is -6.16. The van der Waals surface area contributed by atoms with Gasteiger partial charge in [-0.3, -0.25) is 0 Å². The van der Waals surface area contributed by atoms with E-state index in [1.54, 1.807) is 0 Å². The van der Waals surface area contributed by atoms with Crippen LogP contribution in [0.5, 0.6) is 0 Å². The maximum atomic E-state index is 2.45. The Kier molecular flexibility index (Phi) is 6.21. The molecule has 0 saturated carbocycles. The molecule has 52 heavy (non-hydrogen) atoms. The number of fused-ring (bicyclic) bond motifs is 9. The minimum Gasteiger partial charge on any atom is -0.310 e. The number of hydrogen-bond donors (Lipinski definition) is 0. The largest absolute Gasteiger partial charge is 0.310 e. The second kappa shape index (κ2) is 10.9. The van der Waals surface area contributed by atoms with E-state index < -0.39 is 0 Å². The highest BCUT2D eigenvalue weighted by molar-refractivity contribution is 7.25. The lowest BCUT2D eigenvalue weighted by Crippen LogP contribution is -2.30. The van der Waals surface area contributed by atoms with Crippen LogP contribution in [0, 0.1) is 0 Å². The van der Waals surface area contributed by atoms with E-state index in [1.807, 2.05) is 11.3 Å². The van der Waals surface area contributed by atoms with E-state index in [-0.39, 0.29) is 5.41 Å². The van der Waals surface area contributed by atoms with Crippen molar-refractivity contribution in [3.8, 4) is 16.8 Å². The molecule has 246 valence electrons. The highest BCUT2D eigenvalue weighted by Gasteiger charge is 2.37. The molecule has 0 N–H and O–H groups in total. The molecule has 10 aromatic rings. The van der Waals surface area contributed by atoms with Gasteiger partial charge >= 0.3 is 0 Å². The van der Waals surface area contributed by atoms with Crippen molar-refractivity contribution in [2.75, 3.05) is 4.90 Å². The SMILES string of the molecule is CC1(C)c2ccccc2N(c2ccc3ccccc3c2)c2ccc(-c3ccc4c(c3)c3ccccc3n4-c3ccc4sc5ccccc5c4c3)cc21. The maximum absolute atomic E-state index is 2.45. The van der Waals surface area contributed by atoms with Crippen molar-refractivity contribution in [2.45, 2.75) is 19.3 Å². The third-order valence-corrected chi connectivity index (χ3v) is 12.5. The van der Waals surface area contributed by atoms with E-state index in [4.69, 9.17) is 0 Å². The van der Waals surface area contributed by atoms with Crippen molar-refractivity contribution in [2.24, 2.45) is 0 Å². The van der Waals surface area contributed by atoms with Crippen LogP contribution < -0.4 is 4.90 Å². The lowest BCUT2D eigenvalue weighted by Gasteiger charge is -2.42. The molecule has 0 fully saturated rings. The molecule has 8 aromatic carbocycles. The second-order valence-corrected chi connectivity index (χ2v) is 15.7. The van der Waals surface area contributed by atoms with Gasteiger partial charge in [0.2, 0.25) is 0 Å². The zero-order valence-corrected chi connectivity index (χ0v) is 29.8. The average molecular weight is 683 g/mol. The van der Waals surface area contributed by atoms with Gasteiger partial charge in [0.1, 0.15) is 0 Å². The minimum atomic E-state index is -0.181. The van der Waals surface area contributed by atoms with Crippen LogP contribution in [0.2, 0.25) is 0 Å². The smallest absolute Gasteiger partial charge is 0.0541 e. The predicted molar refractivity (Wildman–Crippen MR) is 223 cm³/mol. The fraction of sp³-hybridized carbons (Fsp3) is 0.0612. The van der Waals surface area contributed by atoms with Crippen LogP contribution in [0.3, 0.4) is 0 Å². The molecule has 3 heteroatoms. The zero-order valence-electron chi connectivity index (χ0n) is 29.0. The number of rotatable bonds is 3. The van der Waals surface area contributed by atoms with E-state index in [2.05, 4.69) is 193 Å². The number of thiophene rings is 1. The van der Waals surface area contributed by atoms with Crippen molar-refractivity contribution in [3.63, 3.8) is 0 Å². The summed E-state index contributed by atoms with van der Waals surface area (Å²) >= 11 is 1.87. The maximum Gasteiger partial charge on any atom is 0.0541 e. The molecule has 1 aliphatic heterocycles. The molecule has 0 atom stereocenters. The van der Waals surface area contributed by atoms with Gasteiger partial charge in [-0.05, 0) is 106 Å². The summed E-state index contributed by atoms with van der Waals surface area (Å²) in [7, 11) is 0. The molecule has 0 unspecified atom stereocenters. The molecule has 2 nitrogen and oxygen atoms in total. The summed E-state index contributed by atoms with van der Waals surface area (Å²) in [6.45, 7) is 4.74. The van der Waals surface area contributed by atoms with Gasteiger partial charge in [0.25, 0.3) is 0 Å². The first-order valence-electron chi connectivity index (χ1n) is 18.0. The van der Waals surface area contributed by atoms with Crippen molar-refractivity contribution >= 4 is 81.1 Å². The Morgan fingerprint density at radius 3 is 2.02 bits per heavy atom. The molecule has 0 spiro atoms. The first-order valence-corrected chi connectivity index (χ1v) is 18.8. The van der Waals surface area contributed by atoms with Gasteiger partial charge in [0.05, 0.1) is 22.4 Å². The Bertz CT molecular complexity index is 3070. The summed E-state index contributed by atoms with van der Waals surface area (Å²) in [6, 6.07) is 63.0. The van der Waals surface area contributed by atoms with E-state index in [0.29, 0.717) is 0 Å². The van der Waals surface area contributed by atoms with E-state index in [0.717, 1.165) is 0 Å². The minimum absolute atomic E-state index is 0.181. The number of nitrogens with zero attached hydrogens (tertiary/aromatic N) is 2. The molecule has 0 amide bonds. The van der Waals surface area contributed by atoms with Gasteiger partial charge in [-0.15, -0.1) is 11.3 Å². The number of benzene rings is 8. The summed E-state index contributed by atoms with van der Waals surface area (Å²) < 4.78 is 5.10. The van der Waals surface area contributed by atoms with Crippen LogP contribution in [0.15, 0.2) is 170 Å². The van der Waals surface area contributed by atoms with Crippen molar-refractivity contribution < 1.29 is 0 Å². The van der Waals surface area contributed by atoms with Crippen LogP contribution in [0.1, 0.15) is 25.0 Å². The molecule has 0 saturated heterocycles. The third-order valence-electron chi connectivity index (χ3n) is 11.3. The molecular weight excluding hydrogens is 649 g/mol. The summed E-state index contributed by atoms with van der Waals surface area (Å²) in [5, 5.41) is 7.68. The molecule has 11 rings (SSSR count). The predicted octanol–water partition coefficient (Wildman–Crippen LogP) is 14.1. The summed E-state index contributed by atoms with van der Waals surface area (Å²) in [6.07, 6.45) is 0. The first kappa shape index (κ1) is 29.6. The Morgan fingerprint density at radius 2 is 1.10 bits per heavy atom. The van der Waals surface area contributed by atoms with Gasteiger partial charge in [-0.25, -0.2) is 0 Å². The van der Waals surface area contributed by atoms with Crippen LogP contribution >= 0.6 is 11.3 Å². The van der Waals surface area contributed by atoms with E-state index in [9.17, 15) is 0 Å². The van der Waals surface area contributed by atoms with Gasteiger partial charge in [0.15, 0.2) is 0 Å². The topological polar surface area (TPSA) is 8.17 Å². The summed E-state index contributed by atoms with van der Waals surface area (Å²) in [5.41, 5.74) is 12.2. The van der Waals surface area contributed by atoms with Crippen molar-refractivity contribution in [1.82, 2.24) is 4.57 Å². The number of anilines is 3. The second-order valence-electron chi connectivity index (χ2n) is 14.6. The zero-order chi connectivity index (χ0) is 34.6. The lowest BCUT2D eigenvalue weighted by atomic mass is 9.73. The van der Waals surface area contributed by atoms with Crippen LogP contribution in [-0.4, -0.2) is 4.57 Å². The molecule has 0 aliphatic carbocycles. The Labute approximate surface area is 306 Å². The molecule has 0 radical (unpaired) electrons. The standard InChI is InChI=1S/C49H34N2S/c1-49(2)41-15-7-9-17-45(41)51(35-22-19-31-11-3-4-12-32(31)27-35)46-25-21-34(29-42(46)49)33-20-24-44-39(28-33)37-13-5-8-16-43(37)50(44)36-23-26-48-40(30-36)38-14-6-10-18-47(38)52-48/h3-30H,1-2H3. The molecular formula is C49H34N2S. The van der Waals surface area contributed by atoms with Gasteiger partial charge < -0.3 is 9.47 Å². The Morgan fingerprint density at radius 1 is 0.423 bits per heavy atom. The Balaban J connectivity index is 1.08. The van der Waals surface area contributed by atoms with Crippen molar-refractivity contribution in [3.05, 3.63) is 181 Å². The third kappa shape index (κ3) is 4.23. The van der Waals surface area contributed by atoms with Crippen molar-refractivity contribution in [1.29, 1.82) is 0 Å². The fourth-order valence-corrected chi connectivity index (χ4v) is 9.85. The number of para-hydroxylation sites is 2. The highest BCUT2D eigenvalue weighted by atomic mass is 32.1. The number of hydrogen-bond acceptors (Lipinski definition) is 2. The average Bonchev–Trinajstić information content (AvgIpc) is 3.73. The normalized spacial score (nSPS) is 13.7. The number of aromatic nitrogens is 1. The van der Waals surface area contributed by atoms with Crippen LogP contribution in [-0.2, 0) is 5.41 Å². The quantitative estimate of drug-likeness (QED) is 0.180. The van der Waals surface area contributed by atoms with E-state index in [1.165, 1.54) is 97.8 Å². The molecule has 3 heterocycles. The summed E-state index contributed by atoms with van der Waals surface area (Å²) in [4.78, 5) is 2.45. The molecule has 2 aromatic heterocycles. The van der Waals surface area contributed by atoms with Crippen LogP contribution in [0.4, 0.5) is 17.1 Å².